The van der Waals surface area contributed by atoms with Crippen molar-refractivity contribution in [3.63, 3.8) is 0 Å². The summed E-state index contributed by atoms with van der Waals surface area (Å²) in [4.78, 5) is 12.4. The molecule has 0 saturated heterocycles. The molecule has 0 bridgehead atoms. The number of rotatable bonds is 4. The van der Waals surface area contributed by atoms with Gasteiger partial charge < -0.3 is 15.6 Å². The van der Waals surface area contributed by atoms with Gasteiger partial charge in [-0.1, -0.05) is 22.9 Å². The number of carbonyl (C=O) groups is 1. The number of aryl methyl sites for hydroxylation is 1. The molecule has 0 fully saturated rings. The van der Waals surface area contributed by atoms with Crippen LogP contribution in [-0.2, 0) is 6.54 Å². The predicted octanol–water partition coefficient (Wildman–Crippen LogP) is 3.37. The summed E-state index contributed by atoms with van der Waals surface area (Å²) in [6, 6.07) is 8.82. The normalized spacial score (nSPS) is 10.1. The molecule has 108 valence electrons. The molecule has 0 aliphatic heterocycles. The van der Waals surface area contributed by atoms with Gasteiger partial charge in [-0.25, -0.2) is 0 Å². The summed E-state index contributed by atoms with van der Waals surface area (Å²) in [7, 11) is 0. The number of hydrogen-bond donors (Lipinski definition) is 2. The van der Waals surface area contributed by atoms with E-state index in [4.69, 9.17) is 11.0 Å². The van der Waals surface area contributed by atoms with Crippen LogP contribution in [0.1, 0.15) is 29.4 Å². The van der Waals surface area contributed by atoms with Gasteiger partial charge in [-0.3, -0.25) is 4.79 Å². The van der Waals surface area contributed by atoms with E-state index in [2.05, 4.69) is 27.3 Å². The summed E-state index contributed by atoms with van der Waals surface area (Å²) in [5.74, 6) is -0.279. The monoisotopic (exact) mass is 346 g/mol. The van der Waals surface area contributed by atoms with E-state index in [9.17, 15) is 4.79 Å². The number of amides is 1. The van der Waals surface area contributed by atoms with Crippen LogP contribution < -0.4 is 11.1 Å². The van der Waals surface area contributed by atoms with Crippen LogP contribution in [0.2, 0.25) is 0 Å². The maximum atomic E-state index is 12.4. The van der Waals surface area contributed by atoms with Gasteiger partial charge in [-0.15, -0.1) is 0 Å². The van der Waals surface area contributed by atoms with Gasteiger partial charge in [0.05, 0.1) is 16.9 Å². The van der Waals surface area contributed by atoms with E-state index >= 15 is 0 Å². The number of nitriles is 1. The van der Waals surface area contributed by atoms with Crippen LogP contribution in [0.5, 0.6) is 0 Å². The first kappa shape index (κ1) is 15.1. The van der Waals surface area contributed by atoms with Gasteiger partial charge in [0.2, 0.25) is 0 Å². The molecule has 0 radical (unpaired) electrons. The molecule has 0 saturated carbocycles. The van der Waals surface area contributed by atoms with Crippen molar-refractivity contribution in [2.75, 3.05) is 11.1 Å². The predicted molar refractivity (Wildman–Crippen MR) is 85.9 cm³/mol. The Morgan fingerprint density at radius 1 is 1.48 bits per heavy atom. The summed E-state index contributed by atoms with van der Waals surface area (Å²) < 4.78 is 2.60. The zero-order valence-corrected chi connectivity index (χ0v) is 13.1. The van der Waals surface area contributed by atoms with Crippen molar-refractivity contribution in [1.82, 2.24) is 4.57 Å². The van der Waals surface area contributed by atoms with Crippen molar-refractivity contribution in [1.29, 1.82) is 5.26 Å². The molecule has 1 amide bonds. The van der Waals surface area contributed by atoms with Gasteiger partial charge in [0.1, 0.15) is 11.8 Å². The van der Waals surface area contributed by atoms with Gasteiger partial charge in [-0.2, -0.15) is 5.26 Å². The average Bonchev–Trinajstić information content (AvgIpc) is 2.82. The van der Waals surface area contributed by atoms with E-state index < -0.39 is 0 Å². The summed E-state index contributed by atoms with van der Waals surface area (Å²) in [5.41, 5.74) is 7.67. The highest BCUT2D eigenvalue weighted by molar-refractivity contribution is 9.10. The lowest BCUT2D eigenvalue weighted by molar-refractivity contribution is 0.101. The standard InChI is InChI=1S/C15H15BrN4O/c1-2-5-20-9-12(18)7-14(20)15(21)19-13-4-3-11(16)6-10(13)8-17/h3-4,6-7,9H,2,5,18H2,1H3,(H,19,21). The van der Waals surface area contributed by atoms with Crippen LogP contribution in [-0.4, -0.2) is 10.5 Å². The molecule has 0 spiro atoms. The highest BCUT2D eigenvalue weighted by Crippen LogP contribution is 2.21. The number of anilines is 2. The molecule has 0 aliphatic rings. The second-order valence-corrected chi connectivity index (χ2v) is 5.52. The molecule has 0 aliphatic carbocycles. The molecule has 1 aromatic carbocycles. The first-order valence-corrected chi connectivity index (χ1v) is 7.31. The largest absolute Gasteiger partial charge is 0.397 e. The van der Waals surface area contributed by atoms with E-state index in [0.29, 0.717) is 29.2 Å². The molecular formula is C15H15BrN4O. The number of nitrogens with one attached hydrogen (secondary N) is 1. The Balaban J connectivity index is 2.28. The first-order chi connectivity index (χ1) is 10.0. The minimum atomic E-state index is -0.279. The fourth-order valence-electron chi connectivity index (χ4n) is 2.05. The Hall–Kier alpha value is -2.26. The van der Waals surface area contributed by atoms with Gasteiger partial charge in [0.25, 0.3) is 5.91 Å². The molecule has 1 heterocycles. The molecule has 1 aromatic heterocycles. The summed E-state index contributed by atoms with van der Waals surface area (Å²) in [6.07, 6.45) is 2.64. The quantitative estimate of drug-likeness (QED) is 0.889. The van der Waals surface area contributed by atoms with Gasteiger partial charge >= 0.3 is 0 Å². The number of aromatic nitrogens is 1. The Labute approximate surface area is 131 Å². The van der Waals surface area contributed by atoms with Gasteiger partial charge in [-0.05, 0) is 30.7 Å². The maximum absolute atomic E-state index is 12.4. The van der Waals surface area contributed by atoms with Crippen molar-refractivity contribution >= 4 is 33.2 Å². The van der Waals surface area contributed by atoms with Crippen LogP contribution in [0.4, 0.5) is 11.4 Å². The zero-order chi connectivity index (χ0) is 15.4. The van der Waals surface area contributed by atoms with Gasteiger partial charge in [0.15, 0.2) is 0 Å². The number of benzene rings is 1. The van der Waals surface area contributed by atoms with Crippen molar-refractivity contribution in [2.45, 2.75) is 19.9 Å². The number of nitrogen functional groups attached to an aromatic ring is 1. The SMILES string of the molecule is CCCn1cc(N)cc1C(=O)Nc1ccc(Br)cc1C#N. The third-order valence-electron chi connectivity index (χ3n) is 2.97. The van der Waals surface area contributed by atoms with Crippen molar-refractivity contribution in [3.05, 3.63) is 46.2 Å². The lowest BCUT2D eigenvalue weighted by Gasteiger charge is -2.10. The second kappa shape index (κ2) is 6.46. The Morgan fingerprint density at radius 2 is 2.24 bits per heavy atom. The number of nitrogens with zero attached hydrogens (tertiary/aromatic N) is 2. The fourth-order valence-corrected chi connectivity index (χ4v) is 2.41. The van der Waals surface area contributed by atoms with Crippen LogP contribution in [0.15, 0.2) is 34.9 Å². The van der Waals surface area contributed by atoms with Crippen molar-refractivity contribution in [3.8, 4) is 6.07 Å². The summed E-state index contributed by atoms with van der Waals surface area (Å²) >= 11 is 3.30. The smallest absolute Gasteiger partial charge is 0.272 e. The van der Waals surface area contributed by atoms with E-state index in [1.165, 1.54) is 0 Å². The van der Waals surface area contributed by atoms with Crippen molar-refractivity contribution in [2.24, 2.45) is 0 Å². The summed E-state index contributed by atoms with van der Waals surface area (Å²) in [6.45, 7) is 2.74. The lowest BCUT2D eigenvalue weighted by atomic mass is 10.2. The third kappa shape index (κ3) is 3.44. The molecule has 3 N–H and O–H groups in total. The maximum Gasteiger partial charge on any atom is 0.272 e. The van der Waals surface area contributed by atoms with Crippen LogP contribution in [0.25, 0.3) is 0 Å². The van der Waals surface area contributed by atoms with E-state index in [1.807, 2.05) is 11.5 Å². The van der Waals surface area contributed by atoms with E-state index in [0.717, 1.165) is 10.9 Å². The van der Waals surface area contributed by atoms with E-state index in [1.54, 1.807) is 30.5 Å². The Bertz CT molecular complexity index is 715. The highest BCUT2D eigenvalue weighted by atomic mass is 79.9. The highest BCUT2D eigenvalue weighted by Gasteiger charge is 2.14. The number of nitrogens with two attached hydrogens (primary N) is 1. The molecule has 2 aromatic rings. The summed E-state index contributed by atoms with van der Waals surface area (Å²) in [5, 5.41) is 11.9. The topological polar surface area (TPSA) is 83.8 Å². The Kier molecular flexibility index (Phi) is 4.66. The fraction of sp³-hybridized carbons (Fsp3) is 0.200. The number of halogens is 1. The molecule has 0 atom stereocenters. The Morgan fingerprint density at radius 3 is 2.90 bits per heavy atom. The van der Waals surface area contributed by atoms with Crippen LogP contribution in [0.3, 0.4) is 0 Å². The molecule has 5 nitrogen and oxygen atoms in total. The first-order valence-electron chi connectivity index (χ1n) is 6.51. The van der Waals surface area contributed by atoms with Crippen molar-refractivity contribution < 1.29 is 4.79 Å². The number of hydrogen-bond acceptors (Lipinski definition) is 3. The number of carbonyl (C=O) groups excluding carboxylic acids is 1. The minimum absolute atomic E-state index is 0.279. The lowest BCUT2D eigenvalue weighted by Crippen LogP contribution is -2.17. The average molecular weight is 347 g/mol. The minimum Gasteiger partial charge on any atom is -0.397 e. The molecule has 21 heavy (non-hydrogen) atoms. The third-order valence-corrected chi connectivity index (χ3v) is 3.46. The van der Waals surface area contributed by atoms with Crippen LogP contribution >= 0.6 is 15.9 Å². The van der Waals surface area contributed by atoms with E-state index in [-0.39, 0.29) is 5.91 Å². The van der Waals surface area contributed by atoms with Gasteiger partial charge in [0, 0.05) is 17.2 Å². The molecule has 0 unspecified atom stereocenters. The second-order valence-electron chi connectivity index (χ2n) is 4.61. The van der Waals surface area contributed by atoms with Crippen LogP contribution in [0, 0.1) is 11.3 Å². The zero-order valence-electron chi connectivity index (χ0n) is 11.6. The molecule has 6 heteroatoms. The molecular weight excluding hydrogens is 332 g/mol. The molecule has 2 rings (SSSR count).